The first kappa shape index (κ1) is 21.8. The first-order valence-corrected chi connectivity index (χ1v) is 9.25. The molecule has 1 aliphatic rings. The van der Waals surface area contributed by atoms with Crippen LogP contribution in [0.3, 0.4) is 0 Å². The van der Waals surface area contributed by atoms with Gasteiger partial charge in [-0.3, -0.25) is 19.4 Å². The molecule has 2 rings (SSSR count). The molecule has 1 aromatic carbocycles. The predicted octanol–water partition coefficient (Wildman–Crippen LogP) is 0.375. The van der Waals surface area contributed by atoms with Gasteiger partial charge in [-0.05, 0) is 31.0 Å². The number of carboxylic acid groups (broad SMARTS) is 1. The average molecular weight is 399 g/mol. The molecule has 0 aromatic heterocycles. The summed E-state index contributed by atoms with van der Waals surface area (Å²) in [7, 11) is 1.59. The fourth-order valence-corrected chi connectivity index (χ4v) is 2.83. The largest absolute Gasteiger partial charge is 0.481 e. The highest BCUT2D eigenvalue weighted by Gasteiger charge is 2.29. The summed E-state index contributed by atoms with van der Waals surface area (Å²) >= 11 is 0. The van der Waals surface area contributed by atoms with Gasteiger partial charge in [0.1, 0.15) is 6.54 Å². The number of fused-ring (bicyclic) bond motifs is 1. The zero-order chi connectivity index (χ0) is 21.4. The number of guanidine groups is 1. The number of rotatable bonds is 7. The molecule has 5 N–H and O–H groups in total. The number of carbonyl (C=O) groups is 3. The molecule has 0 saturated carbocycles. The second-order valence-electron chi connectivity index (χ2n) is 6.62. The Morgan fingerprint density at radius 1 is 1.28 bits per heavy atom. The van der Waals surface area contributed by atoms with E-state index in [0.29, 0.717) is 29.8 Å². The molecular weight excluding hydrogens is 374 g/mol. The molecule has 0 radical (unpaired) electrons. The maximum Gasteiger partial charge on any atom is 0.305 e. The first-order valence-electron chi connectivity index (χ1n) is 9.25. The highest BCUT2D eigenvalue weighted by Crippen LogP contribution is 2.26. The number of anilines is 1. The van der Waals surface area contributed by atoms with Gasteiger partial charge in [0, 0.05) is 32.1 Å². The van der Waals surface area contributed by atoms with Crippen LogP contribution < -0.4 is 16.4 Å². The Morgan fingerprint density at radius 3 is 2.72 bits per heavy atom. The van der Waals surface area contributed by atoms with Crippen LogP contribution >= 0.6 is 0 Å². The molecule has 29 heavy (non-hydrogen) atoms. The molecule has 1 aromatic rings. The number of carbonyl (C=O) groups excluding carboxylic acids is 2. The van der Waals surface area contributed by atoms with Crippen LogP contribution in [0.1, 0.15) is 41.6 Å². The van der Waals surface area contributed by atoms with Crippen molar-refractivity contribution in [3.05, 3.63) is 29.3 Å². The summed E-state index contributed by atoms with van der Waals surface area (Å²) in [5.41, 5.74) is 12.0. The summed E-state index contributed by atoms with van der Waals surface area (Å²) in [5, 5.41) is 8.89. The van der Waals surface area contributed by atoms with E-state index in [0.717, 1.165) is 12.8 Å². The number of hydrogen-bond donors (Lipinski definition) is 3. The number of benzene rings is 1. The highest BCUT2D eigenvalue weighted by molar-refractivity contribution is 6.09. The Labute approximate surface area is 169 Å². The summed E-state index contributed by atoms with van der Waals surface area (Å²) in [4.78, 5) is 42.6. The second kappa shape index (κ2) is 10.1. The molecule has 1 aliphatic heterocycles. The zero-order valence-corrected chi connectivity index (χ0v) is 16.4. The standard InChI is InChI=1S/C20H25N5O4/c1-24-16-8-7-14(6-4-2-3-5-10-23-20(21)22)12-15(16)19(29)25(13-17(24)26)11-9-18(27)28/h7-8,12H,2-3,5,9-11,13H2,1H3,(H,27,28)(H4,21,22,23). The molecule has 0 unspecified atom stereocenters. The topological polar surface area (TPSA) is 142 Å². The number of aliphatic carboxylic acids is 1. The number of nitrogens with zero attached hydrogens (tertiary/aromatic N) is 3. The van der Waals surface area contributed by atoms with Crippen molar-refractivity contribution in [3.8, 4) is 11.8 Å². The third-order valence-electron chi connectivity index (χ3n) is 4.41. The van der Waals surface area contributed by atoms with E-state index in [1.54, 1.807) is 25.2 Å². The number of unbranched alkanes of at least 4 members (excludes halogenated alkanes) is 2. The fraction of sp³-hybridized carbons (Fsp3) is 0.400. The van der Waals surface area contributed by atoms with Gasteiger partial charge in [0.05, 0.1) is 17.7 Å². The monoisotopic (exact) mass is 399 g/mol. The van der Waals surface area contributed by atoms with Gasteiger partial charge >= 0.3 is 5.97 Å². The van der Waals surface area contributed by atoms with Gasteiger partial charge in [0.15, 0.2) is 5.96 Å². The maximum absolute atomic E-state index is 12.9. The molecule has 0 spiro atoms. The normalized spacial score (nSPS) is 13.3. The van der Waals surface area contributed by atoms with Crippen LogP contribution in [0.5, 0.6) is 0 Å². The van der Waals surface area contributed by atoms with Crippen molar-refractivity contribution in [2.45, 2.75) is 25.7 Å². The SMILES string of the molecule is CN1C(=O)CN(CCC(=O)O)C(=O)c2cc(C#CCCCCN=C(N)N)ccc21. The molecule has 0 atom stereocenters. The molecule has 0 aliphatic carbocycles. The molecule has 1 heterocycles. The minimum atomic E-state index is -1.03. The van der Waals surface area contributed by atoms with E-state index in [2.05, 4.69) is 16.8 Å². The number of amides is 2. The average Bonchev–Trinajstić information content (AvgIpc) is 2.76. The minimum Gasteiger partial charge on any atom is -0.481 e. The first-order chi connectivity index (χ1) is 13.8. The highest BCUT2D eigenvalue weighted by atomic mass is 16.4. The number of carboxylic acids is 1. The summed E-state index contributed by atoms with van der Waals surface area (Å²) in [6.45, 7) is 0.372. The summed E-state index contributed by atoms with van der Waals surface area (Å²) in [6, 6.07) is 5.09. The lowest BCUT2D eigenvalue weighted by Crippen LogP contribution is -2.38. The van der Waals surface area contributed by atoms with Crippen LogP contribution in [-0.4, -0.2) is 60.4 Å². The molecule has 0 saturated heterocycles. The van der Waals surface area contributed by atoms with Crippen LogP contribution in [0.4, 0.5) is 5.69 Å². The lowest BCUT2D eigenvalue weighted by atomic mass is 10.1. The summed E-state index contributed by atoms with van der Waals surface area (Å²) in [6.07, 6.45) is 2.10. The van der Waals surface area contributed by atoms with Gasteiger partial charge in [-0.15, -0.1) is 0 Å². The van der Waals surface area contributed by atoms with Crippen molar-refractivity contribution >= 4 is 29.4 Å². The smallest absolute Gasteiger partial charge is 0.305 e. The number of hydrogen-bond acceptors (Lipinski definition) is 4. The van der Waals surface area contributed by atoms with Crippen molar-refractivity contribution < 1.29 is 19.5 Å². The lowest BCUT2D eigenvalue weighted by Gasteiger charge is -2.18. The third kappa shape index (κ3) is 6.24. The Hall–Kier alpha value is -3.54. The van der Waals surface area contributed by atoms with Crippen molar-refractivity contribution in [1.82, 2.24) is 4.90 Å². The third-order valence-corrected chi connectivity index (χ3v) is 4.41. The van der Waals surface area contributed by atoms with E-state index in [1.807, 2.05) is 0 Å². The molecule has 154 valence electrons. The molecule has 2 amide bonds. The summed E-state index contributed by atoms with van der Waals surface area (Å²) < 4.78 is 0. The minimum absolute atomic E-state index is 0.0289. The van der Waals surface area contributed by atoms with Gasteiger partial charge < -0.3 is 26.4 Å². The van der Waals surface area contributed by atoms with Crippen LogP contribution in [0.2, 0.25) is 0 Å². The van der Waals surface area contributed by atoms with E-state index in [-0.39, 0.29) is 37.3 Å². The Morgan fingerprint density at radius 2 is 2.03 bits per heavy atom. The van der Waals surface area contributed by atoms with Crippen LogP contribution in [0.15, 0.2) is 23.2 Å². The van der Waals surface area contributed by atoms with E-state index < -0.39 is 5.97 Å². The van der Waals surface area contributed by atoms with E-state index in [9.17, 15) is 14.4 Å². The van der Waals surface area contributed by atoms with E-state index in [1.165, 1.54) is 9.80 Å². The van der Waals surface area contributed by atoms with Crippen molar-refractivity contribution in [1.29, 1.82) is 0 Å². The van der Waals surface area contributed by atoms with Crippen molar-refractivity contribution in [2.75, 3.05) is 31.6 Å². The Balaban J connectivity index is 2.13. The second-order valence-corrected chi connectivity index (χ2v) is 6.62. The van der Waals surface area contributed by atoms with E-state index >= 15 is 0 Å². The number of likely N-dealkylation sites (N-methyl/N-ethyl adjacent to an activating group) is 1. The number of nitrogens with two attached hydrogens (primary N) is 2. The van der Waals surface area contributed by atoms with Gasteiger partial charge in [-0.25, -0.2) is 0 Å². The van der Waals surface area contributed by atoms with Gasteiger partial charge in [-0.2, -0.15) is 0 Å². The fourth-order valence-electron chi connectivity index (χ4n) is 2.83. The molecule has 0 fully saturated rings. The van der Waals surface area contributed by atoms with Gasteiger partial charge in [0.25, 0.3) is 5.91 Å². The molecule has 0 bridgehead atoms. The van der Waals surface area contributed by atoms with Gasteiger partial charge in [0.2, 0.25) is 5.91 Å². The van der Waals surface area contributed by atoms with E-state index in [4.69, 9.17) is 16.6 Å². The molecule has 9 nitrogen and oxygen atoms in total. The predicted molar refractivity (Wildman–Crippen MR) is 109 cm³/mol. The van der Waals surface area contributed by atoms with Crippen molar-refractivity contribution in [2.24, 2.45) is 16.5 Å². The number of aliphatic imine (C=N–C) groups is 1. The van der Waals surface area contributed by atoms with Crippen LogP contribution in [-0.2, 0) is 9.59 Å². The van der Waals surface area contributed by atoms with Crippen molar-refractivity contribution in [3.63, 3.8) is 0 Å². The Bertz CT molecular complexity index is 881. The van der Waals surface area contributed by atoms with Gasteiger partial charge in [-0.1, -0.05) is 11.8 Å². The lowest BCUT2D eigenvalue weighted by molar-refractivity contribution is -0.137. The quantitative estimate of drug-likeness (QED) is 0.262. The molecule has 9 heteroatoms. The van der Waals surface area contributed by atoms with Crippen LogP contribution in [0.25, 0.3) is 0 Å². The maximum atomic E-state index is 12.9. The molecular formula is C20H25N5O4. The Kier molecular flexibility index (Phi) is 7.60. The zero-order valence-electron chi connectivity index (χ0n) is 16.4. The summed E-state index contributed by atoms with van der Waals surface area (Å²) in [5.74, 6) is 4.48. The van der Waals surface area contributed by atoms with Crippen LogP contribution in [0, 0.1) is 11.8 Å².